The molecule has 0 unspecified atom stereocenters. The zero-order chi connectivity index (χ0) is 22.1. The number of rotatable bonds is 6. The minimum Gasteiger partial charge on any atom is -0.383 e. The molecule has 0 amide bonds. The summed E-state index contributed by atoms with van der Waals surface area (Å²) in [5.41, 5.74) is 5.99. The van der Waals surface area contributed by atoms with Crippen molar-refractivity contribution < 1.29 is 4.74 Å². The van der Waals surface area contributed by atoms with Gasteiger partial charge in [-0.3, -0.25) is 9.30 Å². The highest BCUT2D eigenvalue weighted by Crippen LogP contribution is 2.32. The molecule has 4 aromatic rings. The maximum absolute atomic E-state index is 6.46. The number of imidazole rings is 1. The first kappa shape index (κ1) is 21.0. The fourth-order valence-corrected chi connectivity index (χ4v) is 4.56. The number of methoxy groups -OCH3 is 1. The van der Waals surface area contributed by atoms with E-state index in [9.17, 15) is 0 Å². The normalized spacial score (nSPS) is 15.0. The molecule has 0 aliphatic carbocycles. The lowest BCUT2D eigenvalue weighted by Gasteiger charge is -2.36. The van der Waals surface area contributed by atoms with E-state index >= 15 is 0 Å². The van der Waals surface area contributed by atoms with Gasteiger partial charge in [0, 0.05) is 45.5 Å². The monoisotopic (exact) mass is 450 g/mol. The van der Waals surface area contributed by atoms with Crippen LogP contribution in [0.2, 0.25) is 5.02 Å². The highest BCUT2D eigenvalue weighted by molar-refractivity contribution is 6.33. The second-order valence-electron chi connectivity index (χ2n) is 8.16. The molecule has 1 aliphatic rings. The van der Waals surface area contributed by atoms with Crippen molar-refractivity contribution in [1.29, 1.82) is 0 Å². The van der Waals surface area contributed by atoms with Crippen molar-refractivity contribution in [2.45, 2.75) is 6.92 Å². The molecule has 8 heteroatoms. The quantitative estimate of drug-likeness (QED) is 0.471. The molecule has 0 atom stereocenters. The van der Waals surface area contributed by atoms with Crippen LogP contribution in [-0.4, -0.2) is 65.7 Å². The molecule has 0 radical (unpaired) electrons. The third kappa shape index (κ3) is 3.99. The molecular weight excluding hydrogens is 424 g/mol. The topological polar surface area (TPSA) is 57.9 Å². The highest BCUT2D eigenvalue weighted by Gasteiger charge is 2.18. The Morgan fingerprint density at radius 2 is 1.94 bits per heavy atom. The van der Waals surface area contributed by atoms with E-state index in [1.165, 1.54) is 5.69 Å². The first-order chi connectivity index (χ1) is 15.6. The van der Waals surface area contributed by atoms with Gasteiger partial charge in [-0.25, -0.2) is 9.97 Å². The van der Waals surface area contributed by atoms with Crippen molar-refractivity contribution in [2.24, 2.45) is 0 Å². The van der Waals surface area contributed by atoms with Gasteiger partial charge in [-0.15, -0.1) is 0 Å². The third-order valence-electron chi connectivity index (χ3n) is 6.15. The molecule has 0 bridgehead atoms. The molecule has 3 heterocycles. The van der Waals surface area contributed by atoms with Crippen LogP contribution < -0.4 is 10.2 Å². The molecule has 7 nitrogen and oxygen atoms in total. The molecule has 5 rings (SSSR count). The van der Waals surface area contributed by atoms with Crippen molar-refractivity contribution in [2.75, 3.05) is 56.7 Å². The molecule has 1 aliphatic heterocycles. The summed E-state index contributed by atoms with van der Waals surface area (Å²) in [7, 11) is 1.76. The summed E-state index contributed by atoms with van der Waals surface area (Å²) < 4.78 is 7.29. The maximum Gasteiger partial charge on any atom is 0.157 e. The van der Waals surface area contributed by atoms with Crippen molar-refractivity contribution >= 4 is 45.3 Å². The fourth-order valence-electron chi connectivity index (χ4n) is 4.29. The summed E-state index contributed by atoms with van der Waals surface area (Å²) in [6.45, 7) is 7.86. The van der Waals surface area contributed by atoms with Gasteiger partial charge in [0.05, 0.1) is 40.9 Å². The number of hydrogen-bond acceptors (Lipinski definition) is 6. The predicted molar refractivity (Wildman–Crippen MR) is 130 cm³/mol. The predicted octanol–water partition coefficient (Wildman–Crippen LogP) is 4.36. The second-order valence-corrected chi connectivity index (χ2v) is 8.57. The van der Waals surface area contributed by atoms with Gasteiger partial charge in [-0.05, 0) is 36.8 Å². The van der Waals surface area contributed by atoms with Crippen LogP contribution in [0.4, 0.5) is 17.2 Å². The Kier molecular flexibility index (Phi) is 5.87. The smallest absolute Gasteiger partial charge is 0.157 e. The van der Waals surface area contributed by atoms with E-state index in [0.29, 0.717) is 5.02 Å². The Morgan fingerprint density at radius 1 is 1.09 bits per heavy atom. The Labute approximate surface area is 192 Å². The highest BCUT2D eigenvalue weighted by atomic mass is 35.5. The van der Waals surface area contributed by atoms with Crippen LogP contribution in [0.25, 0.3) is 16.6 Å². The van der Waals surface area contributed by atoms with Gasteiger partial charge in [0.1, 0.15) is 5.52 Å². The van der Waals surface area contributed by atoms with Gasteiger partial charge in [0.25, 0.3) is 0 Å². The number of para-hydroxylation sites is 1. The summed E-state index contributed by atoms with van der Waals surface area (Å²) in [6, 6.07) is 12.4. The van der Waals surface area contributed by atoms with Crippen LogP contribution in [-0.2, 0) is 4.74 Å². The largest absolute Gasteiger partial charge is 0.383 e. The van der Waals surface area contributed by atoms with Crippen LogP contribution in [0, 0.1) is 6.92 Å². The van der Waals surface area contributed by atoms with E-state index < -0.39 is 0 Å². The molecule has 0 saturated carbocycles. The molecule has 1 saturated heterocycles. The SMILES string of the molecule is COCCN1CCN(c2ccc3c(c2)nc(Nc2c(C)cccc2Cl)c2cncn23)CC1. The summed E-state index contributed by atoms with van der Waals surface area (Å²) in [5.74, 6) is 0.743. The van der Waals surface area contributed by atoms with Gasteiger partial charge in [-0.1, -0.05) is 23.7 Å². The van der Waals surface area contributed by atoms with Crippen molar-refractivity contribution in [1.82, 2.24) is 19.3 Å². The van der Waals surface area contributed by atoms with E-state index in [1.807, 2.05) is 37.6 Å². The summed E-state index contributed by atoms with van der Waals surface area (Å²) >= 11 is 6.46. The Morgan fingerprint density at radius 3 is 2.72 bits per heavy atom. The number of hydrogen-bond donors (Lipinski definition) is 1. The summed E-state index contributed by atoms with van der Waals surface area (Å²) in [4.78, 5) is 14.2. The number of ether oxygens (including phenoxy) is 1. The summed E-state index contributed by atoms with van der Waals surface area (Å²) in [6.07, 6.45) is 3.66. The first-order valence-electron chi connectivity index (χ1n) is 10.9. The zero-order valence-corrected chi connectivity index (χ0v) is 19.1. The Hall–Kier alpha value is -2.87. The van der Waals surface area contributed by atoms with Crippen LogP contribution >= 0.6 is 11.6 Å². The van der Waals surface area contributed by atoms with Crippen LogP contribution in [0.1, 0.15) is 5.56 Å². The van der Waals surface area contributed by atoms with Gasteiger partial charge in [0.15, 0.2) is 5.82 Å². The maximum atomic E-state index is 6.46. The molecule has 2 aromatic carbocycles. The molecule has 2 aromatic heterocycles. The fraction of sp³-hybridized carbons (Fsp3) is 0.333. The van der Waals surface area contributed by atoms with Gasteiger partial charge >= 0.3 is 0 Å². The van der Waals surface area contributed by atoms with E-state index in [0.717, 1.165) is 72.9 Å². The number of piperazine rings is 1. The van der Waals surface area contributed by atoms with E-state index in [1.54, 1.807) is 7.11 Å². The van der Waals surface area contributed by atoms with Crippen LogP contribution in [0.5, 0.6) is 0 Å². The molecule has 166 valence electrons. The lowest BCUT2D eigenvalue weighted by atomic mass is 10.2. The zero-order valence-electron chi connectivity index (χ0n) is 18.4. The number of anilines is 3. The molecule has 0 spiro atoms. The number of halogens is 1. The third-order valence-corrected chi connectivity index (χ3v) is 6.46. The minimum atomic E-state index is 0.671. The Bertz CT molecular complexity index is 1230. The Balaban J connectivity index is 1.48. The van der Waals surface area contributed by atoms with Crippen molar-refractivity contribution in [3.05, 3.63) is 59.5 Å². The molecule has 32 heavy (non-hydrogen) atoms. The van der Waals surface area contributed by atoms with Gasteiger partial charge in [-0.2, -0.15) is 0 Å². The van der Waals surface area contributed by atoms with E-state index in [4.69, 9.17) is 21.3 Å². The molecular formula is C24H27ClN6O. The number of benzene rings is 2. The lowest BCUT2D eigenvalue weighted by molar-refractivity contribution is 0.144. The number of nitrogens with one attached hydrogen (secondary N) is 1. The first-order valence-corrected chi connectivity index (χ1v) is 11.3. The van der Waals surface area contributed by atoms with Crippen LogP contribution in [0.3, 0.4) is 0 Å². The van der Waals surface area contributed by atoms with Gasteiger partial charge < -0.3 is 15.0 Å². The standard InChI is InChI=1S/C24H27ClN6O/c1-17-4-3-5-19(25)23(17)28-24-22-15-26-16-31(22)21-7-6-18(14-20(21)27-24)30-10-8-29(9-11-30)12-13-32-2/h3-7,14-16H,8-13H2,1-2H3,(H,27,28). The van der Waals surface area contributed by atoms with Gasteiger partial charge in [0.2, 0.25) is 0 Å². The van der Waals surface area contributed by atoms with Crippen molar-refractivity contribution in [3.63, 3.8) is 0 Å². The average molecular weight is 451 g/mol. The van der Waals surface area contributed by atoms with E-state index in [-0.39, 0.29) is 0 Å². The van der Waals surface area contributed by atoms with Crippen molar-refractivity contribution in [3.8, 4) is 0 Å². The van der Waals surface area contributed by atoms with E-state index in [2.05, 4.69) is 42.7 Å². The van der Waals surface area contributed by atoms with Crippen LogP contribution in [0.15, 0.2) is 48.9 Å². The summed E-state index contributed by atoms with van der Waals surface area (Å²) in [5, 5.41) is 4.12. The molecule has 1 fully saturated rings. The second kappa shape index (κ2) is 8.94. The number of aromatic nitrogens is 3. The lowest BCUT2D eigenvalue weighted by Crippen LogP contribution is -2.47. The average Bonchev–Trinajstić information content (AvgIpc) is 3.31. The molecule has 1 N–H and O–H groups in total. The number of nitrogens with zero attached hydrogens (tertiary/aromatic N) is 5. The number of aryl methyl sites for hydroxylation is 1. The number of fused-ring (bicyclic) bond motifs is 3. The minimum absolute atomic E-state index is 0.671.